The average Bonchev–Trinajstić information content (AvgIpc) is 3.84. The number of halogens is 3. The molecule has 6 rings (SSSR count). The van der Waals surface area contributed by atoms with Crippen LogP contribution in [0, 0.1) is 5.92 Å². The molecule has 2 aromatic carbocycles. The molecule has 11 nitrogen and oxygen atoms in total. The molecule has 1 aliphatic heterocycles. The molecular formula is C40H47F3N6O5S. The lowest BCUT2D eigenvalue weighted by atomic mass is 9.91. The van der Waals surface area contributed by atoms with Gasteiger partial charge in [0.25, 0.3) is 5.91 Å². The number of carbonyl (C=O) groups is 3. The second-order valence-electron chi connectivity index (χ2n) is 15.4. The molecule has 0 unspecified atom stereocenters. The number of carbonyl (C=O) groups excluding carboxylic acids is 3. The number of thiophene rings is 1. The molecule has 294 valence electrons. The number of aliphatic hydroxyl groups excluding tert-OH is 2. The van der Waals surface area contributed by atoms with Gasteiger partial charge in [0.15, 0.2) is 5.69 Å². The van der Waals surface area contributed by atoms with E-state index in [-0.39, 0.29) is 56.0 Å². The Morgan fingerprint density at radius 3 is 2.40 bits per heavy atom. The minimum Gasteiger partial charge on any atom is -0.392 e. The Morgan fingerprint density at radius 1 is 1.00 bits per heavy atom. The van der Waals surface area contributed by atoms with Gasteiger partial charge in [-0.25, -0.2) is 0 Å². The topological polar surface area (TPSA) is 140 Å². The number of alkyl halides is 3. The van der Waals surface area contributed by atoms with Crippen LogP contribution in [0.5, 0.6) is 0 Å². The number of aryl methyl sites for hydroxylation is 1. The van der Waals surface area contributed by atoms with Gasteiger partial charge >= 0.3 is 6.18 Å². The molecule has 15 heteroatoms. The molecule has 0 saturated carbocycles. The summed E-state index contributed by atoms with van der Waals surface area (Å²) in [6, 6.07) is 19.8. The number of piperazine rings is 1. The Bertz CT molecular complexity index is 1990. The maximum Gasteiger partial charge on any atom is 0.435 e. The number of hydrogen-bond donors (Lipinski definition) is 4. The van der Waals surface area contributed by atoms with Crippen LogP contribution in [0.3, 0.4) is 0 Å². The van der Waals surface area contributed by atoms with Crippen LogP contribution in [-0.4, -0.2) is 97.5 Å². The summed E-state index contributed by atoms with van der Waals surface area (Å²) in [5.41, 5.74) is 1.37. The summed E-state index contributed by atoms with van der Waals surface area (Å²) < 4.78 is 41.0. The Labute approximate surface area is 322 Å². The van der Waals surface area contributed by atoms with E-state index in [1.165, 1.54) is 7.05 Å². The highest BCUT2D eigenvalue weighted by Crippen LogP contribution is 2.35. The van der Waals surface area contributed by atoms with E-state index in [1.54, 1.807) is 17.0 Å². The Kier molecular flexibility index (Phi) is 11.9. The predicted molar refractivity (Wildman–Crippen MR) is 202 cm³/mol. The van der Waals surface area contributed by atoms with Crippen LogP contribution < -0.4 is 10.6 Å². The van der Waals surface area contributed by atoms with Crippen molar-refractivity contribution in [2.75, 3.05) is 26.2 Å². The highest BCUT2D eigenvalue weighted by molar-refractivity contribution is 7.17. The van der Waals surface area contributed by atoms with Crippen LogP contribution in [0.4, 0.5) is 13.2 Å². The van der Waals surface area contributed by atoms with Crippen molar-refractivity contribution in [3.63, 3.8) is 0 Å². The van der Waals surface area contributed by atoms with Crippen molar-refractivity contribution in [1.29, 1.82) is 0 Å². The van der Waals surface area contributed by atoms with Crippen LogP contribution in [-0.2, 0) is 35.7 Å². The number of β-amino-alcohol motifs (C(OH)–C–C–N with tert-alkyl or cyclic N) is 1. The zero-order chi connectivity index (χ0) is 39.7. The number of fused-ring (bicyclic) bond motifs is 1. The number of aromatic nitrogens is 2. The van der Waals surface area contributed by atoms with Gasteiger partial charge in [-0.2, -0.15) is 18.3 Å². The molecule has 4 aromatic rings. The Morgan fingerprint density at radius 2 is 1.71 bits per heavy atom. The molecule has 5 atom stereocenters. The molecule has 3 heterocycles. The van der Waals surface area contributed by atoms with E-state index >= 15 is 0 Å². The van der Waals surface area contributed by atoms with E-state index in [2.05, 4.69) is 15.7 Å². The molecule has 1 fully saturated rings. The summed E-state index contributed by atoms with van der Waals surface area (Å²) >= 11 is 1.05. The average molecular weight is 781 g/mol. The number of aliphatic hydroxyl groups is 2. The molecular weight excluding hydrogens is 734 g/mol. The number of rotatable bonds is 11. The van der Waals surface area contributed by atoms with Crippen LogP contribution in [0.2, 0.25) is 0 Å². The van der Waals surface area contributed by atoms with E-state index in [9.17, 15) is 37.8 Å². The fraction of sp³-hybridized carbons (Fsp3) is 0.450. The van der Waals surface area contributed by atoms with Crippen molar-refractivity contribution in [2.24, 2.45) is 13.0 Å². The molecule has 4 N–H and O–H groups in total. The quantitative estimate of drug-likeness (QED) is 0.175. The molecule has 2 aromatic heterocycles. The standard InChI is InChI=1S/C40H47F3N6O5S/c1-39(2,3)45-37(53)30-23-49(38(54)33-15-14-32(55-33)29-21-34(40(41,42)43)46-47(29)4)17-16-48(30)22-27(50)19-26(18-24-10-6-5-7-11-24)36(52)44-35-28-13-9-8-12-25(28)20-31(35)51/h5-15,21,26-27,30-31,35,50-51H,16-20,22-23H2,1-4H3,(H,44,52)(H,45,53)/t26-,27-,30-,31+,35-/m0/s1. The molecule has 1 aliphatic carbocycles. The van der Waals surface area contributed by atoms with E-state index in [0.29, 0.717) is 22.6 Å². The SMILES string of the molecule is Cn1nc(C(F)(F)F)cc1-c1ccc(C(=O)N2CCN(C[C@@H](O)C[C@H](Cc3ccccc3)C(=O)N[C@H]3c4ccccc4C[C@H]3O)[C@H](C(=O)NC(C)(C)C)C2)s1. The van der Waals surface area contributed by atoms with Gasteiger partial charge < -0.3 is 25.7 Å². The van der Waals surface area contributed by atoms with Crippen molar-refractivity contribution >= 4 is 29.1 Å². The summed E-state index contributed by atoms with van der Waals surface area (Å²) in [4.78, 5) is 45.6. The minimum atomic E-state index is -4.61. The number of nitrogens with zero attached hydrogens (tertiary/aromatic N) is 4. The zero-order valence-electron chi connectivity index (χ0n) is 31.2. The first kappa shape index (κ1) is 40.1. The van der Waals surface area contributed by atoms with Gasteiger partial charge in [-0.3, -0.25) is 24.0 Å². The zero-order valence-corrected chi connectivity index (χ0v) is 32.0. The number of benzene rings is 2. The second-order valence-corrected chi connectivity index (χ2v) is 16.5. The van der Waals surface area contributed by atoms with Gasteiger partial charge in [0.1, 0.15) is 6.04 Å². The third-order valence-corrected chi connectivity index (χ3v) is 11.1. The van der Waals surface area contributed by atoms with Gasteiger partial charge in [0, 0.05) is 51.1 Å². The fourth-order valence-electron chi connectivity index (χ4n) is 7.38. The lowest BCUT2D eigenvalue weighted by Gasteiger charge is -2.42. The van der Waals surface area contributed by atoms with Gasteiger partial charge in [0.05, 0.1) is 33.7 Å². The number of hydrogen-bond acceptors (Lipinski definition) is 8. The molecule has 2 aliphatic rings. The number of nitrogens with one attached hydrogen (secondary N) is 2. The van der Waals surface area contributed by atoms with Crippen LogP contribution in [0.25, 0.3) is 10.6 Å². The van der Waals surface area contributed by atoms with Crippen molar-refractivity contribution in [3.05, 3.63) is 100 Å². The summed E-state index contributed by atoms with van der Waals surface area (Å²) in [6.45, 7) is 6.09. The largest absolute Gasteiger partial charge is 0.435 e. The van der Waals surface area contributed by atoms with Crippen molar-refractivity contribution < 1.29 is 37.8 Å². The maximum atomic E-state index is 13.9. The van der Waals surface area contributed by atoms with Gasteiger partial charge in [-0.15, -0.1) is 11.3 Å². The maximum absolute atomic E-state index is 13.9. The molecule has 3 amide bonds. The van der Waals surface area contributed by atoms with E-state index in [0.717, 1.165) is 38.8 Å². The van der Waals surface area contributed by atoms with Crippen LogP contribution in [0.15, 0.2) is 72.8 Å². The number of amides is 3. The summed E-state index contributed by atoms with van der Waals surface area (Å²) in [6.07, 6.45) is -5.54. The van der Waals surface area contributed by atoms with Crippen molar-refractivity contribution in [2.45, 2.75) is 76.0 Å². The summed E-state index contributed by atoms with van der Waals surface area (Å²) in [7, 11) is 1.41. The lowest BCUT2D eigenvalue weighted by molar-refractivity contribution is -0.141. The van der Waals surface area contributed by atoms with Gasteiger partial charge in [0.2, 0.25) is 11.8 Å². The van der Waals surface area contributed by atoms with E-state index in [4.69, 9.17) is 0 Å². The van der Waals surface area contributed by atoms with Crippen molar-refractivity contribution in [1.82, 2.24) is 30.2 Å². The molecule has 0 spiro atoms. The summed E-state index contributed by atoms with van der Waals surface area (Å²) in [5.74, 6) is -1.64. The van der Waals surface area contributed by atoms with Crippen LogP contribution >= 0.6 is 11.3 Å². The highest BCUT2D eigenvalue weighted by atomic mass is 32.1. The van der Waals surface area contributed by atoms with Gasteiger partial charge in [-0.1, -0.05) is 54.6 Å². The third kappa shape index (κ3) is 9.63. The lowest BCUT2D eigenvalue weighted by Crippen LogP contribution is -2.62. The molecule has 0 radical (unpaired) electrons. The first-order chi connectivity index (χ1) is 26.0. The van der Waals surface area contributed by atoms with Gasteiger partial charge in [-0.05, 0) is 68.5 Å². The normalized spacial score (nSPS) is 20.2. The van der Waals surface area contributed by atoms with E-state index in [1.807, 2.05) is 80.3 Å². The first-order valence-corrected chi connectivity index (χ1v) is 19.1. The molecule has 0 bridgehead atoms. The van der Waals surface area contributed by atoms with E-state index < -0.39 is 47.6 Å². The van der Waals surface area contributed by atoms with Crippen LogP contribution in [0.1, 0.15) is 65.3 Å². The first-order valence-electron chi connectivity index (χ1n) is 18.3. The Balaban J connectivity index is 1.16. The Hall–Kier alpha value is -4.57. The predicted octanol–water partition coefficient (Wildman–Crippen LogP) is 4.59. The fourth-order valence-corrected chi connectivity index (χ4v) is 8.40. The summed E-state index contributed by atoms with van der Waals surface area (Å²) in [5, 5.41) is 32.0. The van der Waals surface area contributed by atoms with Crippen molar-refractivity contribution in [3.8, 4) is 10.6 Å². The smallest absolute Gasteiger partial charge is 0.392 e. The third-order valence-electron chi connectivity index (χ3n) is 10.0. The second kappa shape index (κ2) is 16.3. The monoisotopic (exact) mass is 780 g/mol. The minimum absolute atomic E-state index is 0.0114. The molecule has 1 saturated heterocycles. The molecule has 55 heavy (non-hydrogen) atoms. The highest BCUT2D eigenvalue weighted by Gasteiger charge is 2.39.